The predicted octanol–water partition coefficient (Wildman–Crippen LogP) is 1.44. The number of pyridine rings is 1. The molecule has 7 nitrogen and oxygen atoms in total. The van der Waals surface area contributed by atoms with Gasteiger partial charge in [-0.15, -0.1) is 0 Å². The summed E-state index contributed by atoms with van der Waals surface area (Å²) in [7, 11) is 0. The zero-order valence-electron chi connectivity index (χ0n) is 15.2. The summed E-state index contributed by atoms with van der Waals surface area (Å²) in [6.45, 7) is 5.16. The number of quaternary nitrogens is 1. The molecule has 146 valence electrons. The SMILES string of the molecule is Cc1c(Cl)cn2c(=O)cc(C[NH+]3CCN(C(=O)c4ccco4)CC3)nc2c1Cl. The highest BCUT2D eigenvalue weighted by Crippen LogP contribution is 2.26. The molecule has 0 aliphatic carbocycles. The quantitative estimate of drug-likeness (QED) is 0.694. The molecule has 1 amide bonds. The highest BCUT2D eigenvalue weighted by molar-refractivity contribution is 6.37. The zero-order valence-corrected chi connectivity index (χ0v) is 16.8. The third-order valence-corrected chi connectivity index (χ3v) is 5.89. The molecule has 1 aliphatic heterocycles. The lowest BCUT2D eigenvalue weighted by Crippen LogP contribution is -3.13. The van der Waals surface area contributed by atoms with Crippen LogP contribution in [-0.4, -0.2) is 46.4 Å². The molecule has 0 aromatic carbocycles. The van der Waals surface area contributed by atoms with Gasteiger partial charge in [-0.1, -0.05) is 23.2 Å². The van der Waals surface area contributed by atoms with E-state index < -0.39 is 0 Å². The second-order valence-corrected chi connectivity index (χ2v) is 7.68. The van der Waals surface area contributed by atoms with E-state index in [1.54, 1.807) is 30.2 Å². The average molecular weight is 422 g/mol. The van der Waals surface area contributed by atoms with Crippen LogP contribution in [0.1, 0.15) is 21.8 Å². The van der Waals surface area contributed by atoms with Crippen LogP contribution in [0.2, 0.25) is 10.0 Å². The van der Waals surface area contributed by atoms with Crippen LogP contribution in [0.25, 0.3) is 5.65 Å². The number of rotatable bonds is 3. The molecule has 0 unspecified atom stereocenters. The molecule has 0 bridgehead atoms. The van der Waals surface area contributed by atoms with Crippen molar-refractivity contribution >= 4 is 34.8 Å². The van der Waals surface area contributed by atoms with Gasteiger partial charge in [0.2, 0.25) is 0 Å². The molecule has 0 radical (unpaired) electrons. The van der Waals surface area contributed by atoms with Crippen molar-refractivity contribution in [2.45, 2.75) is 13.5 Å². The zero-order chi connectivity index (χ0) is 19.8. The van der Waals surface area contributed by atoms with Crippen molar-refractivity contribution in [1.82, 2.24) is 14.3 Å². The second kappa shape index (κ2) is 7.58. The molecule has 1 N–H and O–H groups in total. The Bertz CT molecular complexity index is 1090. The first-order valence-electron chi connectivity index (χ1n) is 8.97. The first-order valence-corrected chi connectivity index (χ1v) is 9.73. The van der Waals surface area contributed by atoms with Crippen LogP contribution < -0.4 is 10.5 Å². The summed E-state index contributed by atoms with van der Waals surface area (Å²) >= 11 is 12.5. The Labute approximate surface area is 171 Å². The Morgan fingerprint density at radius 2 is 2.07 bits per heavy atom. The van der Waals surface area contributed by atoms with Crippen molar-refractivity contribution in [3.63, 3.8) is 0 Å². The van der Waals surface area contributed by atoms with Crippen LogP contribution in [0, 0.1) is 6.92 Å². The first kappa shape index (κ1) is 19.0. The highest BCUT2D eigenvalue weighted by Gasteiger charge is 2.26. The van der Waals surface area contributed by atoms with Crippen molar-refractivity contribution in [3.05, 3.63) is 68.1 Å². The number of nitrogens with zero attached hydrogens (tertiary/aromatic N) is 3. The summed E-state index contributed by atoms with van der Waals surface area (Å²) in [5, 5.41) is 0.812. The number of hydrogen-bond acceptors (Lipinski definition) is 4. The lowest BCUT2D eigenvalue weighted by Gasteiger charge is -2.31. The van der Waals surface area contributed by atoms with E-state index in [1.807, 2.05) is 0 Å². The monoisotopic (exact) mass is 421 g/mol. The van der Waals surface area contributed by atoms with Crippen LogP contribution in [0.15, 0.2) is 39.9 Å². The van der Waals surface area contributed by atoms with E-state index in [2.05, 4.69) is 4.98 Å². The lowest BCUT2D eigenvalue weighted by atomic mass is 10.2. The molecule has 1 aliphatic rings. The number of piperazine rings is 1. The molecule has 28 heavy (non-hydrogen) atoms. The number of fused-ring (bicyclic) bond motifs is 1. The van der Waals surface area contributed by atoms with Crippen molar-refractivity contribution in [1.29, 1.82) is 0 Å². The average Bonchev–Trinajstić information content (AvgIpc) is 3.22. The predicted molar refractivity (Wildman–Crippen MR) is 105 cm³/mol. The van der Waals surface area contributed by atoms with Crippen molar-refractivity contribution < 1.29 is 14.1 Å². The Hall–Kier alpha value is -2.35. The molecule has 4 rings (SSSR count). The fourth-order valence-corrected chi connectivity index (χ4v) is 3.88. The largest absolute Gasteiger partial charge is 0.459 e. The van der Waals surface area contributed by atoms with E-state index in [9.17, 15) is 9.59 Å². The van der Waals surface area contributed by atoms with E-state index in [1.165, 1.54) is 21.6 Å². The number of nitrogens with one attached hydrogen (secondary N) is 1. The maximum absolute atomic E-state index is 12.5. The van der Waals surface area contributed by atoms with Gasteiger partial charge in [0.1, 0.15) is 12.2 Å². The third kappa shape index (κ3) is 3.53. The number of carbonyl (C=O) groups excluding carboxylic acids is 1. The number of amides is 1. The molecule has 0 spiro atoms. The summed E-state index contributed by atoms with van der Waals surface area (Å²) in [6, 6.07) is 4.90. The smallest absolute Gasteiger partial charge is 0.289 e. The number of halogens is 2. The van der Waals surface area contributed by atoms with Crippen molar-refractivity contribution in [2.24, 2.45) is 0 Å². The third-order valence-electron chi connectivity index (χ3n) is 5.05. The molecule has 4 heterocycles. The van der Waals surface area contributed by atoms with E-state index in [4.69, 9.17) is 27.6 Å². The van der Waals surface area contributed by atoms with Gasteiger partial charge in [0.25, 0.3) is 11.5 Å². The number of furan rings is 1. The number of aromatic nitrogens is 2. The van der Waals surface area contributed by atoms with Crippen LogP contribution in [0.5, 0.6) is 0 Å². The Morgan fingerprint density at radius 1 is 1.32 bits per heavy atom. The van der Waals surface area contributed by atoms with Crippen LogP contribution >= 0.6 is 23.2 Å². The summed E-state index contributed by atoms with van der Waals surface area (Å²) in [6.07, 6.45) is 3.04. The first-order chi connectivity index (χ1) is 13.4. The lowest BCUT2D eigenvalue weighted by molar-refractivity contribution is -0.917. The van der Waals surface area contributed by atoms with E-state index >= 15 is 0 Å². The fraction of sp³-hybridized carbons (Fsp3) is 0.316. The van der Waals surface area contributed by atoms with Gasteiger partial charge >= 0.3 is 0 Å². The number of carbonyl (C=O) groups is 1. The summed E-state index contributed by atoms with van der Waals surface area (Å²) in [4.78, 5) is 32.4. The van der Waals surface area contributed by atoms with Gasteiger partial charge in [0.05, 0.1) is 42.5 Å². The molecule has 1 saturated heterocycles. The molecular weight excluding hydrogens is 403 g/mol. The van der Waals surface area contributed by atoms with Gasteiger partial charge in [-0.2, -0.15) is 0 Å². The van der Waals surface area contributed by atoms with Crippen LogP contribution in [0.4, 0.5) is 0 Å². The van der Waals surface area contributed by atoms with Gasteiger partial charge in [0, 0.05) is 12.3 Å². The van der Waals surface area contributed by atoms with E-state index in [0.29, 0.717) is 52.3 Å². The minimum Gasteiger partial charge on any atom is -0.459 e. The second-order valence-electron chi connectivity index (χ2n) is 6.89. The van der Waals surface area contributed by atoms with Crippen LogP contribution in [-0.2, 0) is 6.54 Å². The summed E-state index contributed by atoms with van der Waals surface area (Å²) in [5.74, 6) is 0.265. The topological polar surface area (TPSA) is 72.3 Å². The molecule has 9 heteroatoms. The Morgan fingerprint density at radius 3 is 2.75 bits per heavy atom. The molecule has 0 saturated carbocycles. The van der Waals surface area contributed by atoms with Crippen molar-refractivity contribution in [2.75, 3.05) is 26.2 Å². The molecule has 1 fully saturated rings. The highest BCUT2D eigenvalue weighted by atomic mass is 35.5. The van der Waals surface area contributed by atoms with E-state index in [-0.39, 0.29) is 11.5 Å². The minimum absolute atomic E-state index is 0.0924. The molecular formula is C19H19Cl2N4O3+. The Balaban J connectivity index is 1.49. The minimum atomic E-state index is -0.213. The maximum Gasteiger partial charge on any atom is 0.289 e. The van der Waals surface area contributed by atoms with Gasteiger partial charge in [0.15, 0.2) is 11.4 Å². The maximum atomic E-state index is 12.5. The Kier molecular flexibility index (Phi) is 5.14. The standard InChI is InChI=1S/C19H18Cl2N4O3/c1-12-14(20)11-25-16(26)9-13(22-18(25)17(12)21)10-23-4-6-24(7-5-23)19(27)15-3-2-8-28-15/h2-3,8-9,11H,4-7,10H2,1H3/p+1. The van der Waals surface area contributed by atoms with E-state index in [0.717, 1.165) is 13.1 Å². The number of hydrogen-bond donors (Lipinski definition) is 1. The van der Waals surface area contributed by atoms with Crippen molar-refractivity contribution in [3.8, 4) is 0 Å². The molecule has 3 aromatic heterocycles. The molecule has 0 atom stereocenters. The normalized spacial score (nSPS) is 15.3. The molecule has 3 aromatic rings. The fourth-order valence-electron chi connectivity index (χ4n) is 3.41. The van der Waals surface area contributed by atoms with Gasteiger partial charge in [-0.3, -0.25) is 14.0 Å². The van der Waals surface area contributed by atoms with Crippen LogP contribution in [0.3, 0.4) is 0 Å². The van der Waals surface area contributed by atoms with Gasteiger partial charge in [-0.25, -0.2) is 4.98 Å². The van der Waals surface area contributed by atoms with Gasteiger partial charge < -0.3 is 14.2 Å². The van der Waals surface area contributed by atoms with Gasteiger partial charge in [-0.05, 0) is 24.6 Å². The summed E-state index contributed by atoms with van der Waals surface area (Å²) < 4.78 is 6.56. The summed E-state index contributed by atoms with van der Waals surface area (Å²) in [5.41, 5.74) is 1.58.